The van der Waals surface area contributed by atoms with E-state index in [1.807, 2.05) is 30.3 Å². The van der Waals surface area contributed by atoms with E-state index in [0.717, 1.165) is 17.7 Å². The molecule has 0 radical (unpaired) electrons. The summed E-state index contributed by atoms with van der Waals surface area (Å²) in [6.45, 7) is 23.0. The zero-order valence-electron chi connectivity index (χ0n) is 68.0. The largest absolute Gasteiger partial charge is 0.514 e. The number of nitro groups is 1. The highest BCUT2D eigenvalue weighted by molar-refractivity contribution is 5.94. The maximum Gasteiger partial charge on any atom is 0.514 e. The van der Waals surface area contributed by atoms with Gasteiger partial charge in [-0.1, -0.05) is 152 Å². The minimum absolute atomic E-state index is 0.0849. The van der Waals surface area contributed by atoms with Gasteiger partial charge < -0.3 is 72.2 Å². The number of nitrogens with zero attached hydrogens (tertiary/aromatic N) is 1. The second kappa shape index (κ2) is 32.2. The summed E-state index contributed by atoms with van der Waals surface area (Å²) in [5, 5.41) is 49.7. The monoisotopic (exact) mass is 1600 g/mol. The van der Waals surface area contributed by atoms with Gasteiger partial charge in [0, 0.05) is 100 Å². The molecule has 0 spiro atoms. The topological polar surface area (TPSA) is 368 Å². The molecule has 4 saturated carbocycles. The first-order valence-electron chi connectivity index (χ1n) is 39.1. The van der Waals surface area contributed by atoms with E-state index in [4.69, 9.17) is 56.8 Å². The molecule has 116 heavy (non-hydrogen) atoms. The lowest BCUT2D eigenvalue weighted by Crippen LogP contribution is -2.81. The highest BCUT2D eigenvalue weighted by Gasteiger charge is 2.80. The van der Waals surface area contributed by atoms with Crippen molar-refractivity contribution in [3.05, 3.63) is 200 Å². The van der Waals surface area contributed by atoms with Crippen LogP contribution in [-0.4, -0.2) is 185 Å². The molecule has 2 heterocycles. The first kappa shape index (κ1) is 85.5. The summed E-state index contributed by atoms with van der Waals surface area (Å²) in [6.07, 6.45) is -13.5. The number of rotatable bonds is 19. The van der Waals surface area contributed by atoms with Crippen LogP contribution in [0.1, 0.15) is 166 Å². The Balaban J connectivity index is 0.000000219. The number of ether oxygens (including phenoxy) is 12. The molecule has 6 aliphatic carbocycles. The van der Waals surface area contributed by atoms with Gasteiger partial charge in [0.15, 0.2) is 17.3 Å². The van der Waals surface area contributed by atoms with Crippen LogP contribution in [-0.2, 0) is 80.9 Å². The number of fused-ring (bicyclic) bond motifs is 10. The minimum atomic E-state index is -2.17. The number of non-ortho nitro benzene ring substituents is 1. The Hall–Kier alpha value is -9.87. The van der Waals surface area contributed by atoms with Crippen LogP contribution in [0.3, 0.4) is 0 Å². The number of hydrogen-bond donors (Lipinski definition) is 3. The summed E-state index contributed by atoms with van der Waals surface area (Å²) in [4.78, 5) is 138. The SMILES string of the molecule is CO[C@H]1C[C@H]2OC[C@@]2(OC(C)=O)[C@H]2[C@H](OC(=O)c3ccccc3)[C@]3(O)CC(OC(=O)[C@H](OC(=O)Oc4ccc([N+](=O)[O-])cc4)[C@@H](C)c4ccccc4)C(C)=C([C@@H](C)C(=O)[C@]12C)C3(C)C.CO[C@H]1C[C@H]2OC[C@@]2(OC(C)=O)[C@H]2[C@H](OC(=O)c3ccccc3)[C@]3(O)C[C@H](OC(=O)[C@H](O)[C@@H](C)c4ccccc4)C(C)=C([C@@H](C)C(=O)[C@]12C)C3(C)C. The van der Waals surface area contributed by atoms with E-state index in [0.29, 0.717) is 27.9 Å². The molecule has 0 aromatic heterocycles. The molecule has 2 aliphatic heterocycles. The summed E-state index contributed by atoms with van der Waals surface area (Å²) in [5.74, 6) is -11.2. The highest BCUT2D eigenvalue weighted by Crippen LogP contribution is 2.68. The lowest BCUT2D eigenvalue weighted by atomic mass is 9.43. The van der Waals surface area contributed by atoms with Gasteiger partial charge in [0.25, 0.3) is 5.69 Å². The third-order valence-electron chi connectivity index (χ3n) is 27.0. The van der Waals surface area contributed by atoms with Crippen molar-refractivity contribution < 1.29 is 120 Å². The average Bonchev–Trinajstić information content (AvgIpc) is 0.672. The number of aliphatic hydroxyl groups excluding tert-OH is 1. The summed E-state index contributed by atoms with van der Waals surface area (Å²) in [6, 6.07) is 38.9. The van der Waals surface area contributed by atoms with Crippen molar-refractivity contribution in [3.8, 4) is 5.75 Å². The van der Waals surface area contributed by atoms with Gasteiger partial charge in [-0.25, -0.2) is 24.0 Å². The molecule has 4 bridgehead atoms. The summed E-state index contributed by atoms with van der Waals surface area (Å²) in [7, 11) is 2.95. The maximum atomic E-state index is 15.5. The van der Waals surface area contributed by atoms with Crippen LogP contribution >= 0.6 is 0 Å². The van der Waals surface area contributed by atoms with Gasteiger partial charge in [-0.05, 0) is 97.5 Å². The Morgan fingerprint density at radius 2 is 0.905 bits per heavy atom. The van der Waals surface area contributed by atoms with Crippen LogP contribution < -0.4 is 4.74 Å². The molecule has 0 amide bonds. The van der Waals surface area contributed by atoms with Crippen molar-refractivity contribution in [2.75, 3.05) is 27.4 Å². The van der Waals surface area contributed by atoms with Crippen LogP contribution in [0, 0.1) is 55.4 Å². The fourth-order valence-electron chi connectivity index (χ4n) is 20.9. The Morgan fingerprint density at radius 3 is 1.26 bits per heavy atom. The molecule has 620 valence electrons. The van der Waals surface area contributed by atoms with Crippen LogP contribution in [0.5, 0.6) is 5.75 Å². The predicted octanol–water partition coefficient (Wildman–Crippen LogP) is 11.6. The van der Waals surface area contributed by atoms with Crippen LogP contribution in [0.2, 0.25) is 0 Å². The summed E-state index contributed by atoms with van der Waals surface area (Å²) < 4.78 is 73.0. The van der Waals surface area contributed by atoms with Crippen LogP contribution in [0.15, 0.2) is 168 Å². The lowest BCUT2D eigenvalue weighted by Gasteiger charge is -2.68. The number of hydrogen-bond acceptors (Lipinski definition) is 26. The second-order valence-corrected chi connectivity index (χ2v) is 33.7. The molecule has 13 rings (SSSR count). The quantitative estimate of drug-likeness (QED) is 0.0173. The molecule has 27 nitrogen and oxygen atoms in total. The number of esters is 6. The van der Waals surface area contributed by atoms with Crippen molar-refractivity contribution in [2.24, 2.45) is 45.3 Å². The minimum Gasteiger partial charge on any atom is -0.456 e. The van der Waals surface area contributed by atoms with Crippen molar-refractivity contribution >= 4 is 59.2 Å². The van der Waals surface area contributed by atoms with Gasteiger partial charge in [0.1, 0.15) is 65.1 Å². The number of Topliss-reactive ketones (excluding diaryl/α,β-unsaturated/α-hetero) is 2. The zero-order chi connectivity index (χ0) is 84.5. The fourth-order valence-corrected chi connectivity index (χ4v) is 20.9. The predicted molar refractivity (Wildman–Crippen MR) is 414 cm³/mol. The Labute approximate surface area is 673 Å². The second-order valence-electron chi connectivity index (χ2n) is 33.7. The smallest absolute Gasteiger partial charge is 0.456 e. The number of aliphatic hydroxyl groups is 3. The number of methoxy groups -OCH3 is 2. The van der Waals surface area contributed by atoms with Gasteiger partial charge in [0.05, 0.1) is 64.1 Å². The number of carbonyl (C=O) groups excluding carboxylic acids is 9. The zero-order valence-corrected chi connectivity index (χ0v) is 68.0. The Kier molecular flexibility index (Phi) is 23.7. The first-order valence-corrected chi connectivity index (χ1v) is 39.1. The lowest BCUT2D eigenvalue weighted by molar-refractivity contribution is -0.384. The van der Waals surface area contributed by atoms with E-state index in [9.17, 15) is 59.0 Å². The third kappa shape index (κ3) is 14.3. The van der Waals surface area contributed by atoms with Crippen molar-refractivity contribution in [1.82, 2.24) is 0 Å². The van der Waals surface area contributed by atoms with Crippen molar-refractivity contribution in [2.45, 2.75) is 218 Å². The summed E-state index contributed by atoms with van der Waals surface area (Å²) in [5.41, 5.74) is -9.48. The highest BCUT2D eigenvalue weighted by atomic mass is 16.7. The van der Waals surface area contributed by atoms with Gasteiger partial charge in [-0.3, -0.25) is 29.3 Å². The third-order valence-corrected chi connectivity index (χ3v) is 27.0. The maximum absolute atomic E-state index is 15.5. The normalized spacial score (nSPS) is 33.4. The molecule has 5 aromatic rings. The van der Waals surface area contributed by atoms with Crippen LogP contribution in [0.25, 0.3) is 0 Å². The van der Waals surface area contributed by atoms with Gasteiger partial charge in [0.2, 0.25) is 6.10 Å². The van der Waals surface area contributed by atoms with E-state index in [1.54, 1.807) is 174 Å². The van der Waals surface area contributed by atoms with Crippen LogP contribution in [0.4, 0.5) is 10.5 Å². The Morgan fingerprint density at radius 1 is 0.534 bits per heavy atom. The average molecular weight is 1600 g/mol. The molecule has 6 fully saturated rings. The van der Waals surface area contributed by atoms with E-state index in [2.05, 4.69) is 0 Å². The Bertz CT molecular complexity index is 4680. The number of nitro benzene ring substituents is 1. The molecule has 27 heteroatoms. The van der Waals surface area contributed by atoms with Crippen molar-refractivity contribution in [3.63, 3.8) is 0 Å². The standard InChI is InChI=1S/C48H53NO15.C41H50O11/c1-26(30-15-11-9-12-16-30)38(62-44(54)60-33-21-19-32(20-22-33)49(56)57)43(53)61-34-24-48(55)41(63-42(52)31-17-13-10-14-18-31)39-46(7,40(51)28(3)37(27(34)2)45(48,5)6)35(58-8)23-36-47(39,25-59-36)64-29(4)50;1-22(26-15-11-9-12-16-26)32(43)37(46)50-28-20-41(47)35(51-36(45)27-17-13-10-14-18-27)33-39(7,34(44)24(3)31(23(28)2)38(41,5)6)29(48-8)19-30-40(33,21-49-30)52-25(4)42/h9-22,26,28,34-36,38-39,41,55H,23-25H2,1-8H3;9-18,22,24,28-30,32-33,35,43,47H,19-21H2,1-8H3/t26-,28+,34?,35-,36+,38+,39-,41-,46+,47-,48+;22-,24+,28-,29-,30+,32+,33-,35-,39+,40-,41+/m00/s1. The first-order chi connectivity index (χ1) is 54.7. The fraction of sp³-hybridized carbons (Fsp3) is 0.517. The molecule has 5 aromatic carbocycles. The molecular weight excluding hydrogens is 1500 g/mol. The molecular formula is C89H103NO26. The number of ketones is 2. The number of carbonyl (C=O) groups is 9. The van der Waals surface area contributed by atoms with E-state index >= 15 is 9.59 Å². The molecule has 8 aliphatic rings. The molecule has 1 unspecified atom stereocenters. The molecule has 22 atom stereocenters. The number of benzene rings is 5. The van der Waals surface area contributed by atoms with Gasteiger partial charge in [-0.2, -0.15) is 0 Å². The van der Waals surface area contributed by atoms with Crippen molar-refractivity contribution in [1.29, 1.82) is 0 Å². The molecule has 3 N–H and O–H groups in total. The summed E-state index contributed by atoms with van der Waals surface area (Å²) >= 11 is 0. The van der Waals surface area contributed by atoms with E-state index in [1.165, 1.54) is 40.2 Å². The van der Waals surface area contributed by atoms with E-state index < -0.39 is 188 Å². The van der Waals surface area contributed by atoms with Gasteiger partial charge >= 0.3 is 42.0 Å². The molecule has 2 saturated heterocycles. The van der Waals surface area contributed by atoms with Gasteiger partial charge in [-0.15, -0.1) is 0 Å². The van der Waals surface area contributed by atoms with E-state index in [-0.39, 0.29) is 73.0 Å².